The van der Waals surface area contributed by atoms with Crippen LogP contribution in [-0.4, -0.2) is 47.3 Å². The van der Waals surface area contributed by atoms with E-state index in [1.807, 2.05) is 17.7 Å². The second-order valence-corrected chi connectivity index (χ2v) is 4.67. The van der Waals surface area contributed by atoms with E-state index >= 15 is 0 Å². The number of hydrogen-bond acceptors (Lipinski definition) is 4. The molecule has 6 nitrogen and oxygen atoms in total. The van der Waals surface area contributed by atoms with Crippen molar-refractivity contribution in [2.75, 3.05) is 26.2 Å². The van der Waals surface area contributed by atoms with Crippen LogP contribution < -0.4 is 10.6 Å². The molecule has 0 aromatic carbocycles. The van der Waals surface area contributed by atoms with Gasteiger partial charge < -0.3 is 19.9 Å². The first kappa shape index (κ1) is 13.0. The quantitative estimate of drug-likeness (QED) is 0.710. The van der Waals surface area contributed by atoms with E-state index in [1.165, 1.54) is 0 Å². The minimum absolute atomic E-state index is 0.0414. The number of carbonyl (C=O) groups excluding carboxylic acids is 1. The van der Waals surface area contributed by atoms with Gasteiger partial charge in [-0.25, -0.2) is 4.98 Å². The summed E-state index contributed by atoms with van der Waals surface area (Å²) in [5.74, 6) is -0.0414. The first-order chi connectivity index (χ1) is 8.71. The molecule has 0 saturated carbocycles. The van der Waals surface area contributed by atoms with E-state index in [-0.39, 0.29) is 5.91 Å². The molecule has 0 bridgehead atoms. The number of imidazole rings is 1. The van der Waals surface area contributed by atoms with Gasteiger partial charge in [-0.05, 0) is 13.3 Å². The van der Waals surface area contributed by atoms with Crippen LogP contribution in [0.2, 0.25) is 0 Å². The molecule has 1 aromatic heterocycles. The zero-order valence-corrected chi connectivity index (χ0v) is 10.7. The number of carbonyl (C=O) groups is 1. The zero-order valence-electron chi connectivity index (χ0n) is 10.7. The molecule has 1 fully saturated rings. The van der Waals surface area contributed by atoms with Crippen molar-refractivity contribution in [2.45, 2.75) is 25.5 Å². The SMILES string of the molecule is C[C@]1(C(=O)NCCCn2ccnc2)CNCCO1. The van der Waals surface area contributed by atoms with Crippen LogP contribution in [0.1, 0.15) is 13.3 Å². The van der Waals surface area contributed by atoms with Crippen LogP contribution >= 0.6 is 0 Å². The molecule has 1 amide bonds. The summed E-state index contributed by atoms with van der Waals surface area (Å²) in [7, 11) is 0. The number of morpholine rings is 1. The third kappa shape index (κ3) is 3.30. The molecule has 1 aliphatic rings. The fraction of sp³-hybridized carbons (Fsp3) is 0.667. The van der Waals surface area contributed by atoms with Crippen LogP contribution in [0.5, 0.6) is 0 Å². The van der Waals surface area contributed by atoms with Gasteiger partial charge in [0.2, 0.25) is 0 Å². The highest BCUT2D eigenvalue weighted by Gasteiger charge is 2.35. The number of ether oxygens (including phenoxy) is 1. The molecule has 100 valence electrons. The Kier molecular flexibility index (Phi) is 4.33. The van der Waals surface area contributed by atoms with E-state index < -0.39 is 5.60 Å². The lowest BCUT2D eigenvalue weighted by Crippen LogP contribution is -2.57. The van der Waals surface area contributed by atoms with Gasteiger partial charge in [0, 0.05) is 38.6 Å². The van der Waals surface area contributed by atoms with E-state index in [2.05, 4.69) is 15.6 Å². The Hall–Kier alpha value is -1.40. The second-order valence-electron chi connectivity index (χ2n) is 4.67. The Morgan fingerprint density at radius 2 is 2.56 bits per heavy atom. The third-order valence-corrected chi connectivity index (χ3v) is 3.08. The maximum Gasteiger partial charge on any atom is 0.253 e. The van der Waals surface area contributed by atoms with E-state index in [4.69, 9.17) is 4.74 Å². The number of aryl methyl sites for hydroxylation is 1. The molecule has 1 saturated heterocycles. The maximum absolute atomic E-state index is 12.0. The van der Waals surface area contributed by atoms with Crippen molar-refractivity contribution in [3.8, 4) is 0 Å². The lowest BCUT2D eigenvalue weighted by molar-refractivity contribution is -0.147. The maximum atomic E-state index is 12.0. The van der Waals surface area contributed by atoms with Gasteiger partial charge in [0.25, 0.3) is 5.91 Å². The van der Waals surface area contributed by atoms with Gasteiger partial charge in [0.05, 0.1) is 12.9 Å². The molecular weight excluding hydrogens is 232 g/mol. The smallest absolute Gasteiger partial charge is 0.253 e. The highest BCUT2D eigenvalue weighted by atomic mass is 16.5. The molecule has 0 radical (unpaired) electrons. The molecule has 1 atom stereocenters. The topological polar surface area (TPSA) is 68.2 Å². The first-order valence-corrected chi connectivity index (χ1v) is 6.29. The van der Waals surface area contributed by atoms with Gasteiger partial charge in [-0.3, -0.25) is 4.79 Å². The highest BCUT2D eigenvalue weighted by molar-refractivity contribution is 5.85. The molecule has 0 aliphatic carbocycles. The summed E-state index contributed by atoms with van der Waals surface area (Å²) >= 11 is 0. The molecule has 2 rings (SSSR count). The summed E-state index contributed by atoms with van der Waals surface area (Å²) in [6, 6.07) is 0. The summed E-state index contributed by atoms with van der Waals surface area (Å²) in [5.41, 5.74) is -0.729. The zero-order chi connectivity index (χ0) is 12.8. The average molecular weight is 252 g/mol. The standard InChI is InChI=1S/C12H20N4O2/c1-12(9-13-5-8-18-12)11(17)15-3-2-6-16-7-4-14-10-16/h4,7,10,13H,2-3,5-6,8-9H2,1H3,(H,15,17)/t12-/m1/s1. The average Bonchev–Trinajstić information content (AvgIpc) is 2.88. The van der Waals surface area contributed by atoms with Crippen molar-refractivity contribution < 1.29 is 9.53 Å². The summed E-state index contributed by atoms with van der Waals surface area (Å²) in [6.07, 6.45) is 6.32. The summed E-state index contributed by atoms with van der Waals surface area (Å²) in [6.45, 7) is 5.29. The molecule has 1 aromatic rings. The predicted molar refractivity (Wildman–Crippen MR) is 67.1 cm³/mol. The Morgan fingerprint density at radius 3 is 3.22 bits per heavy atom. The van der Waals surface area contributed by atoms with E-state index in [0.29, 0.717) is 19.7 Å². The van der Waals surface area contributed by atoms with Crippen LogP contribution in [-0.2, 0) is 16.1 Å². The van der Waals surface area contributed by atoms with Gasteiger partial charge in [-0.1, -0.05) is 0 Å². The largest absolute Gasteiger partial charge is 0.363 e. The summed E-state index contributed by atoms with van der Waals surface area (Å²) in [4.78, 5) is 16.0. The molecule has 0 spiro atoms. The molecule has 2 heterocycles. The number of aromatic nitrogens is 2. The van der Waals surface area contributed by atoms with E-state index in [9.17, 15) is 4.79 Å². The Morgan fingerprint density at radius 1 is 1.67 bits per heavy atom. The lowest BCUT2D eigenvalue weighted by Gasteiger charge is -2.32. The first-order valence-electron chi connectivity index (χ1n) is 6.29. The summed E-state index contributed by atoms with van der Waals surface area (Å²) < 4.78 is 7.53. The van der Waals surface area contributed by atoms with Crippen LogP contribution in [0.15, 0.2) is 18.7 Å². The molecular formula is C12H20N4O2. The van der Waals surface area contributed by atoms with Gasteiger partial charge in [-0.2, -0.15) is 0 Å². The van der Waals surface area contributed by atoms with Crippen molar-refractivity contribution in [1.29, 1.82) is 0 Å². The normalized spacial score (nSPS) is 23.8. The molecule has 0 unspecified atom stereocenters. The monoisotopic (exact) mass is 252 g/mol. The predicted octanol–water partition coefficient (Wildman–Crippen LogP) is -0.232. The van der Waals surface area contributed by atoms with Crippen LogP contribution in [0, 0.1) is 0 Å². The van der Waals surface area contributed by atoms with Crippen molar-refractivity contribution in [3.05, 3.63) is 18.7 Å². The lowest BCUT2D eigenvalue weighted by atomic mass is 10.0. The highest BCUT2D eigenvalue weighted by Crippen LogP contribution is 2.12. The van der Waals surface area contributed by atoms with Crippen molar-refractivity contribution in [3.63, 3.8) is 0 Å². The van der Waals surface area contributed by atoms with Gasteiger partial charge in [0.1, 0.15) is 0 Å². The van der Waals surface area contributed by atoms with Gasteiger partial charge in [0.15, 0.2) is 5.60 Å². The van der Waals surface area contributed by atoms with E-state index in [0.717, 1.165) is 19.5 Å². The molecule has 1 aliphatic heterocycles. The number of nitrogens with one attached hydrogen (secondary N) is 2. The Labute approximate surface area is 107 Å². The second kappa shape index (κ2) is 5.97. The molecule has 2 N–H and O–H groups in total. The number of rotatable bonds is 5. The number of nitrogens with zero attached hydrogens (tertiary/aromatic N) is 2. The third-order valence-electron chi connectivity index (χ3n) is 3.08. The Bertz CT molecular complexity index is 371. The fourth-order valence-electron chi connectivity index (χ4n) is 1.94. The van der Waals surface area contributed by atoms with Gasteiger partial charge in [-0.15, -0.1) is 0 Å². The van der Waals surface area contributed by atoms with Crippen LogP contribution in [0.4, 0.5) is 0 Å². The molecule has 18 heavy (non-hydrogen) atoms. The van der Waals surface area contributed by atoms with Crippen LogP contribution in [0.25, 0.3) is 0 Å². The minimum Gasteiger partial charge on any atom is -0.363 e. The van der Waals surface area contributed by atoms with Crippen molar-refractivity contribution >= 4 is 5.91 Å². The molecule has 6 heteroatoms. The van der Waals surface area contributed by atoms with Gasteiger partial charge >= 0.3 is 0 Å². The van der Waals surface area contributed by atoms with E-state index in [1.54, 1.807) is 12.5 Å². The fourth-order valence-corrected chi connectivity index (χ4v) is 1.94. The number of hydrogen-bond donors (Lipinski definition) is 2. The minimum atomic E-state index is -0.729. The van der Waals surface area contributed by atoms with Crippen LogP contribution in [0.3, 0.4) is 0 Å². The van der Waals surface area contributed by atoms with Crippen molar-refractivity contribution in [1.82, 2.24) is 20.2 Å². The number of amides is 1. The summed E-state index contributed by atoms with van der Waals surface area (Å²) in [5, 5.41) is 6.09. The Balaban J connectivity index is 1.68. The van der Waals surface area contributed by atoms with Crippen molar-refractivity contribution in [2.24, 2.45) is 0 Å².